The molecule has 102 valence electrons. The van der Waals surface area contributed by atoms with Gasteiger partial charge < -0.3 is 16.6 Å². The summed E-state index contributed by atoms with van der Waals surface area (Å²) in [6, 6.07) is 0.563. The van der Waals surface area contributed by atoms with E-state index in [9.17, 15) is 14.7 Å². The second kappa shape index (κ2) is 5.85. The topological polar surface area (TPSA) is 118 Å². The van der Waals surface area contributed by atoms with Gasteiger partial charge in [-0.2, -0.15) is 0 Å². The van der Waals surface area contributed by atoms with Crippen LogP contribution in [0, 0.1) is 6.92 Å². The molecule has 0 aromatic heterocycles. The summed E-state index contributed by atoms with van der Waals surface area (Å²) in [6.45, 7) is 1.62. The molecule has 0 heterocycles. The molecule has 0 radical (unpaired) electrons. The van der Waals surface area contributed by atoms with Crippen molar-refractivity contribution in [1.82, 2.24) is 5.32 Å². The molecular formula is C11H12ClN3O3S. The number of nitrogens with two attached hydrogens (primary N) is 2. The number of nitrogens with one attached hydrogen (secondary N) is 1. The zero-order chi connectivity index (χ0) is 14.7. The molecule has 6 N–H and O–H groups in total. The van der Waals surface area contributed by atoms with Gasteiger partial charge in [0.1, 0.15) is 10.7 Å². The SMILES string of the molecule is Cc1c(CC(N)=O)cc(Cl)c(O)c1C(=S)NC(N)=O. The highest BCUT2D eigenvalue weighted by Gasteiger charge is 2.19. The summed E-state index contributed by atoms with van der Waals surface area (Å²) in [7, 11) is 0. The molecule has 0 fully saturated rings. The van der Waals surface area contributed by atoms with E-state index in [0.717, 1.165) is 0 Å². The number of rotatable bonds is 3. The number of carbonyl (C=O) groups is 2. The Labute approximate surface area is 119 Å². The maximum absolute atomic E-state index is 11.0. The van der Waals surface area contributed by atoms with E-state index in [1.165, 1.54) is 6.07 Å². The zero-order valence-corrected chi connectivity index (χ0v) is 11.6. The molecule has 8 heteroatoms. The fourth-order valence-corrected chi connectivity index (χ4v) is 2.19. The maximum Gasteiger partial charge on any atom is 0.317 e. The van der Waals surface area contributed by atoms with Crippen molar-refractivity contribution >= 4 is 40.7 Å². The largest absolute Gasteiger partial charge is 0.506 e. The number of carbonyl (C=O) groups excluding carboxylic acids is 2. The van der Waals surface area contributed by atoms with Crippen LogP contribution in [0.3, 0.4) is 0 Å². The minimum atomic E-state index is -0.861. The Kier molecular flexibility index (Phi) is 4.68. The number of phenols is 1. The predicted octanol–water partition coefficient (Wildman–Crippen LogP) is 0.726. The number of primary amides is 2. The van der Waals surface area contributed by atoms with Crippen LogP contribution in [0.15, 0.2) is 6.07 Å². The van der Waals surface area contributed by atoms with Gasteiger partial charge >= 0.3 is 6.03 Å². The molecular weight excluding hydrogens is 290 g/mol. The van der Waals surface area contributed by atoms with Crippen molar-refractivity contribution in [1.29, 1.82) is 0 Å². The van der Waals surface area contributed by atoms with E-state index >= 15 is 0 Å². The van der Waals surface area contributed by atoms with E-state index in [2.05, 4.69) is 5.32 Å². The van der Waals surface area contributed by atoms with Crippen LogP contribution in [-0.2, 0) is 11.2 Å². The second-order valence-electron chi connectivity index (χ2n) is 3.83. The number of hydrogen-bond donors (Lipinski definition) is 4. The van der Waals surface area contributed by atoms with E-state index in [4.69, 9.17) is 35.3 Å². The third kappa shape index (κ3) is 3.55. The van der Waals surface area contributed by atoms with Gasteiger partial charge in [0.2, 0.25) is 5.91 Å². The molecule has 0 aliphatic heterocycles. The Morgan fingerprint density at radius 3 is 2.53 bits per heavy atom. The van der Waals surface area contributed by atoms with Gasteiger partial charge in [0, 0.05) is 0 Å². The molecule has 1 rings (SSSR count). The fraction of sp³-hybridized carbons (Fsp3) is 0.182. The van der Waals surface area contributed by atoms with Crippen LogP contribution in [0.2, 0.25) is 5.02 Å². The van der Waals surface area contributed by atoms with Crippen molar-refractivity contribution in [3.05, 3.63) is 27.8 Å². The zero-order valence-electron chi connectivity index (χ0n) is 9.99. The number of phenolic OH excluding ortho intramolecular Hbond substituents is 1. The third-order valence-electron chi connectivity index (χ3n) is 2.45. The average molecular weight is 302 g/mol. The van der Waals surface area contributed by atoms with Crippen molar-refractivity contribution in [2.75, 3.05) is 0 Å². The summed E-state index contributed by atoms with van der Waals surface area (Å²) in [5, 5.41) is 12.1. The molecule has 19 heavy (non-hydrogen) atoms. The first-order valence-corrected chi connectivity index (χ1v) is 5.92. The Hall–Kier alpha value is -1.86. The highest BCUT2D eigenvalue weighted by Crippen LogP contribution is 2.33. The summed E-state index contributed by atoms with van der Waals surface area (Å²) in [5.74, 6) is -0.837. The number of benzene rings is 1. The van der Waals surface area contributed by atoms with Gasteiger partial charge in [-0.25, -0.2) is 4.79 Å². The lowest BCUT2D eigenvalue weighted by molar-refractivity contribution is -0.117. The maximum atomic E-state index is 11.0. The number of amides is 3. The lowest BCUT2D eigenvalue weighted by Gasteiger charge is -2.15. The van der Waals surface area contributed by atoms with Crippen molar-refractivity contribution in [2.24, 2.45) is 11.5 Å². The Morgan fingerprint density at radius 1 is 1.47 bits per heavy atom. The predicted molar refractivity (Wildman–Crippen MR) is 75.2 cm³/mol. The number of thiocarbonyl (C=S) groups is 1. The fourth-order valence-electron chi connectivity index (χ4n) is 1.61. The van der Waals surface area contributed by atoms with Gasteiger partial charge in [0.25, 0.3) is 0 Å². The Bertz CT molecular complexity index is 575. The van der Waals surface area contributed by atoms with Crippen LogP contribution in [0.1, 0.15) is 16.7 Å². The molecule has 0 spiro atoms. The monoisotopic (exact) mass is 301 g/mol. The molecule has 1 aromatic rings. The summed E-state index contributed by atoms with van der Waals surface area (Å²) < 4.78 is 0. The Morgan fingerprint density at radius 2 is 2.05 bits per heavy atom. The molecule has 3 amide bonds. The second-order valence-corrected chi connectivity index (χ2v) is 4.64. The first-order valence-electron chi connectivity index (χ1n) is 5.14. The first kappa shape index (κ1) is 15.2. The smallest absolute Gasteiger partial charge is 0.317 e. The lowest BCUT2D eigenvalue weighted by atomic mass is 9.98. The molecule has 0 saturated carbocycles. The number of hydrogen-bond acceptors (Lipinski definition) is 4. The normalized spacial score (nSPS) is 10.0. The van der Waals surface area contributed by atoms with Crippen molar-refractivity contribution < 1.29 is 14.7 Å². The van der Waals surface area contributed by atoms with Crippen LogP contribution in [0.5, 0.6) is 5.75 Å². The van der Waals surface area contributed by atoms with Gasteiger partial charge in [-0.3, -0.25) is 10.1 Å². The lowest BCUT2D eigenvalue weighted by Crippen LogP contribution is -2.35. The standard InChI is InChI=1S/C11H12ClN3O3S/c1-4-5(3-7(13)16)2-6(12)9(17)8(4)10(19)15-11(14)18/h2,17H,3H2,1H3,(H2,13,16)(H3,14,15,18,19). The van der Waals surface area contributed by atoms with Crippen molar-refractivity contribution in [2.45, 2.75) is 13.3 Å². The highest BCUT2D eigenvalue weighted by atomic mass is 35.5. The molecule has 0 saturated heterocycles. The summed E-state index contributed by atoms with van der Waals surface area (Å²) >= 11 is 10.8. The summed E-state index contributed by atoms with van der Waals surface area (Å²) in [6.07, 6.45) is -0.0575. The van der Waals surface area contributed by atoms with E-state index in [1.807, 2.05) is 0 Å². The van der Waals surface area contributed by atoms with Gasteiger partial charge in [-0.1, -0.05) is 23.8 Å². The first-order chi connectivity index (χ1) is 8.73. The van der Waals surface area contributed by atoms with Gasteiger partial charge in [-0.15, -0.1) is 0 Å². The summed E-state index contributed by atoms with van der Waals surface area (Å²) in [5.41, 5.74) is 11.2. The van der Waals surface area contributed by atoms with Gasteiger partial charge in [-0.05, 0) is 24.1 Å². The highest BCUT2D eigenvalue weighted by molar-refractivity contribution is 7.80. The number of halogens is 1. The quantitative estimate of drug-likeness (QED) is 0.615. The van der Waals surface area contributed by atoms with E-state index in [-0.39, 0.29) is 27.7 Å². The van der Waals surface area contributed by atoms with E-state index in [1.54, 1.807) is 6.92 Å². The number of aromatic hydroxyl groups is 1. The van der Waals surface area contributed by atoms with Crippen LogP contribution in [0.25, 0.3) is 0 Å². The molecule has 1 aromatic carbocycles. The number of urea groups is 1. The summed E-state index contributed by atoms with van der Waals surface area (Å²) in [4.78, 5) is 21.7. The molecule has 0 bridgehead atoms. The van der Waals surface area contributed by atoms with Crippen LogP contribution < -0.4 is 16.8 Å². The Balaban J connectivity index is 3.36. The molecule has 6 nitrogen and oxygen atoms in total. The van der Waals surface area contributed by atoms with Crippen LogP contribution >= 0.6 is 23.8 Å². The van der Waals surface area contributed by atoms with Crippen LogP contribution in [0.4, 0.5) is 4.79 Å². The third-order valence-corrected chi connectivity index (χ3v) is 3.04. The van der Waals surface area contributed by atoms with E-state index in [0.29, 0.717) is 11.1 Å². The van der Waals surface area contributed by atoms with Gasteiger partial charge in [0.05, 0.1) is 17.0 Å². The van der Waals surface area contributed by atoms with Crippen molar-refractivity contribution in [3.63, 3.8) is 0 Å². The minimum absolute atomic E-state index is 0.00507. The van der Waals surface area contributed by atoms with Gasteiger partial charge in [0.15, 0.2) is 0 Å². The van der Waals surface area contributed by atoms with Crippen molar-refractivity contribution in [3.8, 4) is 5.75 Å². The molecule has 0 aliphatic carbocycles. The minimum Gasteiger partial charge on any atom is -0.506 e. The molecule has 0 unspecified atom stereocenters. The van der Waals surface area contributed by atoms with E-state index < -0.39 is 11.9 Å². The van der Waals surface area contributed by atoms with Crippen LogP contribution in [-0.4, -0.2) is 22.0 Å². The average Bonchev–Trinajstić information content (AvgIpc) is 2.24. The molecule has 0 atom stereocenters. The molecule has 0 aliphatic rings.